The molecule has 0 saturated carbocycles. The molecule has 1 atom stereocenters. The fraction of sp³-hybridized carbons (Fsp3) is 0.389. The zero-order valence-corrected chi connectivity index (χ0v) is 14.5. The maximum absolute atomic E-state index is 12.7. The second-order valence-electron chi connectivity index (χ2n) is 7.20. The molecule has 0 aromatic carbocycles. The van der Waals surface area contributed by atoms with Crippen LogP contribution in [-0.2, 0) is 6.54 Å². The molecule has 3 rings (SSSR count). The first-order valence-corrected chi connectivity index (χ1v) is 8.05. The van der Waals surface area contributed by atoms with E-state index in [9.17, 15) is 4.79 Å². The van der Waals surface area contributed by atoms with Crippen molar-refractivity contribution in [2.24, 2.45) is 5.41 Å². The van der Waals surface area contributed by atoms with Gasteiger partial charge in [0.1, 0.15) is 11.3 Å². The smallest absolute Gasteiger partial charge is 0.271 e. The number of amides is 1. The van der Waals surface area contributed by atoms with Crippen molar-refractivity contribution >= 4 is 11.6 Å². The van der Waals surface area contributed by atoms with E-state index in [0.29, 0.717) is 12.2 Å². The third-order valence-electron chi connectivity index (χ3n) is 4.21. The van der Waals surface area contributed by atoms with Crippen LogP contribution in [0.3, 0.4) is 0 Å². The number of nitrogens with zero attached hydrogens (tertiary/aromatic N) is 4. The fourth-order valence-corrected chi connectivity index (χ4v) is 2.64. The lowest BCUT2D eigenvalue weighted by Gasteiger charge is -2.31. The Bertz CT molecular complexity index is 842. The fourth-order valence-electron chi connectivity index (χ4n) is 2.64. The van der Waals surface area contributed by atoms with Crippen molar-refractivity contribution in [3.05, 3.63) is 54.5 Å². The molecule has 3 aromatic rings. The van der Waals surface area contributed by atoms with Crippen LogP contribution in [0.2, 0.25) is 0 Å². The lowest BCUT2D eigenvalue weighted by molar-refractivity contribution is 0.0888. The summed E-state index contributed by atoms with van der Waals surface area (Å²) in [5.41, 5.74) is 2.20. The molecule has 3 heterocycles. The van der Waals surface area contributed by atoms with E-state index in [-0.39, 0.29) is 17.4 Å². The molecule has 0 fully saturated rings. The third kappa shape index (κ3) is 3.32. The number of pyridine rings is 1. The van der Waals surface area contributed by atoms with Crippen LogP contribution in [-0.4, -0.2) is 30.9 Å². The molecule has 0 aliphatic heterocycles. The monoisotopic (exact) mass is 325 g/mol. The second-order valence-corrected chi connectivity index (χ2v) is 7.20. The van der Waals surface area contributed by atoms with E-state index < -0.39 is 0 Å². The van der Waals surface area contributed by atoms with Crippen molar-refractivity contribution in [3.8, 4) is 0 Å². The number of aromatic nitrogens is 4. The standard InChI is InChI=1S/C18H23N5O/c1-13-6-5-8-23-10-14(20-16(13)23)17(24)21-15(18(2,3)4)11-22-9-7-19-12-22/h5-10,12,15H,11H2,1-4H3,(H,21,24)/t15-/m0/s1. The predicted octanol–water partition coefficient (Wildman–Crippen LogP) is 2.68. The van der Waals surface area contributed by atoms with Gasteiger partial charge in [-0.3, -0.25) is 4.79 Å². The topological polar surface area (TPSA) is 64.2 Å². The van der Waals surface area contributed by atoms with Gasteiger partial charge in [0.25, 0.3) is 5.91 Å². The number of aryl methyl sites for hydroxylation is 1. The maximum atomic E-state index is 12.7. The number of carbonyl (C=O) groups excluding carboxylic acids is 1. The molecule has 0 aliphatic rings. The molecular formula is C18H23N5O. The molecule has 24 heavy (non-hydrogen) atoms. The zero-order chi connectivity index (χ0) is 17.3. The summed E-state index contributed by atoms with van der Waals surface area (Å²) >= 11 is 0. The highest BCUT2D eigenvalue weighted by Gasteiger charge is 2.27. The Morgan fingerprint density at radius 3 is 2.75 bits per heavy atom. The molecule has 6 nitrogen and oxygen atoms in total. The molecule has 0 radical (unpaired) electrons. The lowest BCUT2D eigenvalue weighted by Crippen LogP contribution is -2.46. The minimum absolute atomic E-state index is 0.0369. The van der Waals surface area contributed by atoms with Gasteiger partial charge in [-0.05, 0) is 24.0 Å². The Labute approximate surface area is 141 Å². The summed E-state index contributed by atoms with van der Waals surface area (Å²) in [6.07, 6.45) is 9.08. The average molecular weight is 325 g/mol. The number of fused-ring (bicyclic) bond motifs is 1. The molecule has 0 saturated heterocycles. The van der Waals surface area contributed by atoms with Gasteiger partial charge in [0.2, 0.25) is 0 Å². The minimum Gasteiger partial charge on any atom is -0.346 e. The van der Waals surface area contributed by atoms with Gasteiger partial charge < -0.3 is 14.3 Å². The molecule has 0 unspecified atom stereocenters. The quantitative estimate of drug-likeness (QED) is 0.802. The summed E-state index contributed by atoms with van der Waals surface area (Å²) in [5, 5.41) is 3.13. The zero-order valence-electron chi connectivity index (χ0n) is 14.5. The van der Waals surface area contributed by atoms with E-state index in [4.69, 9.17) is 0 Å². The molecule has 0 bridgehead atoms. The molecule has 126 valence electrons. The van der Waals surface area contributed by atoms with Gasteiger partial charge in [-0.15, -0.1) is 0 Å². The summed E-state index contributed by atoms with van der Waals surface area (Å²) < 4.78 is 3.86. The molecule has 0 spiro atoms. The van der Waals surface area contributed by atoms with Crippen molar-refractivity contribution in [2.75, 3.05) is 0 Å². The highest BCUT2D eigenvalue weighted by molar-refractivity contribution is 5.93. The van der Waals surface area contributed by atoms with Crippen LogP contribution in [0.1, 0.15) is 36.8 Å². The lowest BCUT2D eigenvalue weighted by atomic mass is 9.86. The predicted molar refractivity (Wildman–Crippen MR) is 92.9 cm³/mol. The highest BCUT2D eigenvalue weighted by Crippen LogP contribution is 2.21. The van der Waals surface area contributed by atoms with E-state index in [2.05, 4.69) is 36.1 Å². The van der Waals surface area contributed by atoms with E-state index in [1.807, 2.05) is 40.4 Å². The number of rotatable bonds is 4. The molecule has 1 amide bonds. The summed E-state index contributed by atoms with van der Waals surface area (Å²) in [4.78, 5) is 21.2. The Kier molecular flexibility index (Phi) is 4.13. The third-order valence-corrected chi connectivity index (χ3v) is 4.21. The van der Waals surface area contributed by atoms with Gasteiger partial charge in [-0.25, -0.2) is 9.97 Å². The first-order chi connectivity index (χ1) is 11.3. The van der Waals surface area contributed by atoms with Crippen LogP contribution in [0.15, 0.2) is 43.2 Å². The molecular weight excluding hydrogens is 302 g/mol. The van der Waals surface area contributed by atoms with E-state index in [1.165, 1.54) is 0 Å². The van der Waals surface area contributed by atoms with Gasteiger partial charge in [-0.2, -0.15) is 0 Å². The Morgan fingerprint density at radius 1 is 1.33 bits per heavy atom. The summed E-state index contributed by atoms with van der Waals surface area (Å²) in [7, 11) is 0. The normalized spacial score (nSPS) is 13.2. The van der Waals surface area contributed by atoms with Crippen LogP contribution in [0.25, 0.3) is 5.65 Å². The number of carbonyl (C=O) groups is 1. The van der Waals surface area contributed by atoms with Crippen molar-refractivity contribution in [3.63, 3.8) is 0 Å². The van der Waals surface area contributed by atoms with E-state index in [1.54, 1.807) is 18.7 Å². The Hall–Kier alpha value is -2.63. The number of nitrogens with one attached hydrogen (secondary N) is 1. The SMILES string of the molecule is Cc1cccn2cc(C(=O)N[C@@H](Cn3ccnc3)C(C)(C)C)nc12. The Morgan fingerprint density at radius 2 is 2.12 bits per heavy atom. The summed E-state index contributed by atoms with van der Waals surface area (Å²) in [6.45, 7) is 9.00. The molecule has 1 N–H and O–H groups in total. The van der Waals surface area contributed by atoms with Gasteiger partial charge in [0, 0.05) is 31.3 Å². The van der Waals surface area contributed by atoms with Gasteiger partial charge in [0.05, 0.1) is 12.4 Å². The van der Waals surface area contributed by atoms with Crippen LogP contribution < -0.4 is 5.32 Å². The van der Waals surface area contributed by atoms with Crippen molar-refractivity contribution < 1.29 is 4.79 Å². The van der Waals surface area contributed by atoms with Crippen LogP contribution in [0, 0.1) is 12.3 Å². The number of hydrogen-bond donors (Lipinski definition) is 1. The maximum Gasteiger partial charge on any atom is 0.271 e. The first kappa shape index (κ1) is 16.2. The summed E-state index contributed by atoms with van der Waals surface area (Å²) in [6, 6.07) is 3.90. The van der Waals surface area contributed by atoms with Crippen molar-refractivity contribution in [1.82, 2.24) is 24.3 Å². The largest absolute Gasteiger partial charge is 0.346 e. The van der Waals surface area contributed by atoms with E-state index in [0.717, 1.165) is 11.2 Å². The highest BCUT2D eigenvalue weighted by atomic mass is 16.2. The van der Waals surface area contributed by atoms with Crippen LogP contribution in [0.4, 0.5) is 0 Å². The Balaban J connectivity index is 1.82. The van der Waals surface area contributed by atoms with Crippen LogP contribution >= 0.6 is 0 Å². The second kappa shape index (κ2) is 6.11. The van der Waals surface area contributed by atoms with Gasteiger partial charge >= 0.3 is 0 Å². The minimum atomic E-state index is -0.154. The molecule has 0 aliphatic carbocycles. The number of imidazole rings is 2. The van der Waals surface area contributed by atoms with E-state index >= 15 is 0 Å². The van der Waals surface area contributed by atoms with Crippen molar-refractivity contribution in [2.45, 2.75) is 40.3 Å². The van der Waals surface area contributed by atoms with Gasteiger partial charge in [-0.1, -0.05) is 26.8 Å². The van der Waals surface area contributed by atoms with Crippen molar-refractivity contribution in [1.29, 1.82) is 0 Å². The number of hydrogen-bond acceptors (Lipinski definition) is 3. The first-order valence-electron chi connectivity index (χ1n) is 8.05. The van der Waals surface area contributed by atoms with Gasteiger partial charge in [0.15, 0.2) is 0 Å². The summed E-state index contributed by atoms with van der Waals surface area (Å²) in [5.74, 6) is -0.154. The molecule has 6 heteroatoms. The average Bonchev–Trinajstić information content (AvgIpc) is 3.15. The van der Waals surface area contributed by atoms with Crippen LogP contribution in [0.5, 0.6) is 0 Å². The molecule has 3 aromatic heterocycles.